The fourth-order valence-corrected chi connectivity index (χ4v) is 5.77. The number of rotatable bonds is 6. The lowest BCUT2D eigenvalue weighted by atomic mass is 10.0. The van der Waals surface area contributed by atoms with Crippen molar-refractivity contribution in [3.05, 3.63) is 102 Å². The van der Waals surface area contributed by atoms with Crippen LogP contribution in [0.4, 0.5) is 5.69 Å². The van der Waals surface area contributed by atoms with Crippen LogP contribution in [0.5, 0.6) is 0 Å². The second-order valence-corrected chi connectivity index (χ2v) is 11.5. The molecule has 0 bridgehead atoms. The Morgan fingerprint density at radius 2 is 1.07 bits per heavy atom. The molecule has 0 unspecified atom stereocenters. The monoisotopic (exact) mass is 547 g/mol. The van der Waals surface area contributed by atoms with Crippen molar-refractivity contribution in [2.45, 2.75) is 46.6 Å². The zero-order valence-electron chi connectivity index (χ0n) is 25.1. The molecule has 0 radical (unpaired) electrons. The predicted octanol–water partition coefficient (Wildman–Crippen LogP) is 7.24. The number of hydrogen-bond acceptors (Lipinski definition) is 5. The van der Waals surface area contributed by atoms with E-state index in [0.717, 1.165) is 6.54 Å². The van der Waals surface area contributed by atoms with Gasteiger partial charge in [0.05, 0.1) is 0 Å². The predicted molar refractivity (Wildman–Crippen MR) is 172 cm³/mol. The molecule has 2 saturated heterocycles. The first kappa shape index (κ1) is 29.0. The summed E-state index contributed by atoms with van der Waals surface area (Å²) < 4.78 is 0. The minimum atomic E-state index is 1.06. The molecule has 2 aromatic heterocycles. The average molecular weight is 548 g/mol. The first-order valence-corrected chi connectivity index (χ1v) is 15.3. The van der Waals surface area contributed by atoms with Gasteiger partial charge in [-0.25, -0.2) is 0 Å². The van der Waals surface area contributed by atoms with E-state index in [2.05, 4.69) is 106 Å². The third kappa shape index (κ3) is 8.25. The molecule has 0 amide bonds. The Bertz CT molecular complexity index is 1350. The van der Waals surface area contributed by atoms with Gasteiger partial charge in [-0.2, -0.15) is 0 Å². The number of likely N-dealkylation sites (N-methyl/N-ethyl adjacent to an activating group) is 1. The smallest absolute Gasteiger partial charge is 0.0366 e. The zero-order chi connectivity index (χ0) is 28.4. The minimum absolute atomic E-state index is 1.06. The van der Waals surface area contributed by atoms with Crippen molar-refractivity contribution in [2.75, 3.05) is 50.7 Å². The van der Waals surface area contributed by atoms with E-state index < -0.39 is 0 Å². The first-order valence-electron chi connectivity index (χ1n) is 15.3. The summed E-state index contributed by atoms with van der Waals surface area (Å²) in [6, 6.07) is 22.2. The van der Waals surface area contributed by atoms with Crippen molar-refractivity contribution in [3.8, 4) is 22.3 Å². The maximum atomic E-state index is 4.28. The van der Waals surface area contributed by atoms with Gasteiger partial charge in [0.15, 0.2) is 0 Å². The molecule has 41 heavy (non-hydrogen) atoms. The molecule has 4 heterocycles. The highest BCUT2D eigenvalue weighted by Gasteiger charge is 2.15. The van der Waals surface area contributed by atoms with Crippen molar-refractivity contribution in [1.82, 2.24) is 19.8 Å². The van der Waals surface area contributed by atoms with Crippen molar-refractivity contribution in [3.63, 3.8) is 0 Å². The van der Waals surface area contributed by atoms with Gasteiger partial charge in [0.25, 0.3) is 0 Å². The fraction of sp³-hybridized carbons (Fsp3) is 0.389. The largest absolute Gasteiger partial charge is 0.372 e. The van der Waals surface area contributed by atoms with Gasteiger partial charge in [-0.1, -0.05) is 43.3 Å². The maximum Gasteiger partial charge on any atom is 0.0366 e. The summed E-state index contributed by atoms with van der Waals surface area (Å²) in [6.07, 6.45) is 11.7. The maximum absolute atomic E-state index is 4.28. The molecule has 2 aromatic carbocycles. The van der Waals surface area contributed by atoms with E-state index in [1.54, 1.807) is 0 Å². The summed E-state index contributed by atoms with van der Waals surface area (Å²) >= 11 is 0. The van der Waals surface area contributed by atoms with Gasteiger partial charge in [-0.05, 0) is 91.7 Å². The Hall–Kier alpha value is -3.54. The lowest BCUT2D eigenvalue weighted by Crippen LogP contribution is -2.45. The van der Waals surface area contributed by atoms with Gasteiger partial charge in [-0.15, -0.1) is 0 Å². The molecule has 5 nitrogen and oxygen atoms in total. The molecule has 214 valence electrons. The minimum Gasteiger partial charge on any atom is -0.372 e. The van der Waals surface area contributed by atoms with Crippen LogP contribution >= 0.6 is 0 Å². The topological polar surface area (TPSA) is 35.5 Å². The highest BCUT2D eigenvalue weighted by Crippen LogP contribution is 2.25. The Morgan fingerprint density at radius 1 is 0.561 bits per heavy atom. The molecule has 2 aliphatic rings. The van der Waals surface area contributed by atoms with Crippen molar-refractivity contribution < 1.29 is 0 Å². The fourth-order valence-electron chi connectivity index (χ4n) is 5.77. The third-order valence-electron chi connectivity index (χ3n) is 8.28. The quantitative estimate of drug-likeness (QED) is 0.254. The van der Waals surface area contributed by atoms with E-state index in [9.17, 15) is 0 Å². The Kier molecular flexibility index (Phi) is 10.2. The summed E-state index contributed by atoms with van der Waals surface area (Å²) in [7, 11) is 0. The Balaban J connectivity index is 0.000000166. The van der Waals surface area contributed by atoms with E-state index in [-0.39, 0.29) is 0 Å². The van der Waals surface area contributed by atoms with Crippen LogP contribution in [-0.2, 0) is 6.54 Å². The van der Waals surface area contributed by atoms with E-state index >= 15 is 0 Å². The SMILES string of the molecule is CCN1CCN(Cc2ccc(-c3cncc(C)c3)cc2)CC1.Cc1cncc(-c2ccc(N3CCCCC3)cc2)c1. The van der Waals surface area contributed by atoms with Crippen molar-refractivity contribution in [2.24, 2.45) is 0 Å². The van der Waals surface area contributed by atoms with E-state index in [0.29, 0.717) is 0 Å². The van der Waals surface area contributed by atoms with Gasteiger partial charge < -0.3 is 9.80 Å². The van der Waals surface area contributed by atoms with Crippen LogP contribution < -0.4 is 4.90 Å². The second kappa shape index (κ2) is 14.4. The highest BCUT2D eigenvalue weighted by molar-refractivity contribution is 5.66. The molecular formula is C36H45N5. The molecule has 0 aliphatic carbocycles. The van der Waals surface area contributed by atoms with Crippen LogP contribution in [0.15, 0.2) is 85.5 Å². The number of hydrogen-bond donors (Lipinski definition) is 0. The molecule has 0 atom stereocenters. The van der Waals surface area contributed by atoms with Crippen molar-refractivity contribution >= 4 is 5.69 Å². The summed E-state index contributed by atoms with van der Waals surface area (Å²) in [6.45, 7) is 15.8. The normalized spacial score (nSPS) is 16.2. The van der Waals surface area contributed by atoms with Gasteiger partial charge >= 0.3 is 0 Å². The standard InChI is InChI=1S/C19H25N3.C17H20N2/c1-3-21-8-10-22(11-9-21)15-17-4-6-18(7-5-17)19-12-16(2)13-20-14-19;1-14-11-16(13-18-12-14)15-5-7-17(8-6-15)19-9-3-2-4-10-19/h4-7,12-14H,3,8-11,15H2,1-2H3;5-8,11-13H,2-4,9-10H2,1H3. The summed E-state index contributed by atoms with van der Waals surface area (Å²) in [5.41, 5.74) is 10.0. The zero-order valence-corrected chi connectivity index (χ0v) is 25.1. The van der Waals surface area contributed by atoms with Crippen molar-refractivity contribution in [1.29, 1.82) is 0 Å². The molecule has 4 aromatic rings. The van der Waals surface area contributed by atoms with Gasteiger partial charge in [0, 0.05) is 87.4 Å². The van der Waals surface area contributed by atoms with Crippen LogP contribution in [0.3, 0.4) is 0 Å². The number of piperazine rings is 1. The van der Waals surface area contributed by atoms with Gasteiger partial charge in [0.1, 0.15) is 0 Å². The first-order chi connectivity index (χ1) is 20.1. The number of piperidine rings is 1. The number of anilines is 1. The molecular weight excluding hydrogens is 502 g/mol. The van der Waals surface area contributed by atoms with Crippen LogP contribution in [0.1, 0.15) is 42.9 Å². The van der Waals surface area contributed by atoms with E-state index in [4.69, 9.17) is 0 Å². The number of nitrogens with zero attached hydrogens (tertiary/aromatic N) is 5. The lowest BCUT2D eigenvalue weighted by Gasteiger charge is -2.34. The van der Waals surface area contributed by atoms with Gasteiger partial charge in [0.2, 0.25) is 0 Å². The Labute approximate surface area is 246 Å². The van der Waals surface area contributed by atoms with Gasteiger partial charge in [-0.3, -0.25) is 14.9 Å². The number of aryl methyl sites for hydroxylation is 2. The van der Waals surface area contributed by atoms with Crippen LogP contribution in [0.25, 0.3) is 22.3 Å². The lowest BCUT2D eigenvalue weighted by molar-refractivity contribution is 0.132. The highest BCUT2D eigenvalue weighted by atomic mass is 15.3. The number of aromatic nitrogens is 2. The molecule has 6 rings (SSSR count). The van der Waals surface area contributed by atoms with Crippen LogP contribution in [0, 0.1) is 13.8 Å². The number of pyridine rings is 2. The second-order valence-electron chi connectivity index (χ2n) is 11.5. The molecule has 5 heteroatoms. The molecule has 0 N–H and O–H groups in total. The summed E-state index contributed by atoms with van der Waals surface area (Å²) in [4.78, 5) is 16.1. The van der Waals surface area contributed by atoms with Crippen LogP contribution in [-0.4, -0.2) is 65.6 Å². The Morgan fingerprint density at radius 3 is 1.59 bits per heavy atom. The summed E-state index contributed by atoms with van der Waals surface area (Å²) in [5, 5.41) is 0. The van der Waals surface area contributed by atoms with E-state index in [1.807, 2.05) is 24.8 Å². The summed E-state index contributed by atoms with van der Waals surface area (Å²) in [5.74, 6) is 0. The average Bonchev–Trinajstić information content (AvgIpc) is 3.03. The van der Waals surface area contributed by atoms with E-state index in [1.165, 1.54) is 110 Å². The molecule has 0 spiro atoms. The molecule has 2 fully saturated rings. The molecule has 2 aliphatic heterocycles. The number of benzene rings is 2. The third-order valence-corrected chi connectivity index (χ3v) is 8.28. The van der Waals surface area contributed by atoms with Crippen LogP contribution in [0.2, 0.25) is 0 Å². The molecule has 0 saturated carbocycles.